The highest BCUT2D eigenvalue weighted by atomic mass is 35.5. The first-order valence-corrected chi connectivity index (χ1v) is 10.5. The van der Waals surface area contributed by atoms with Crippen LogP contribution in [0.3, 0.4) is 0 Å². The fourth-order valence-corrected chi connectivity index (χ4v) is 6.49. The fourth-order valence-electron chi connectivity index (χ4n) is 1.33. The van der Waals surface area contributed by atoms with E-state index < -0.39 is 0 Å². The van der Waals surface area contributed by atoms with Crippen LogP contribution in [-0.4, -0.2) is 0 Å². The third kappa shape index (κ3) is 3.79. The minimum absolute atomic E-state index is 0.113. The number of hydrogen-bond donors (Lipinski definition) is 0. The van der Waals surface area contributed by atoms with Crippen molar-refractivity contribution in [3.63, 3.8) is 0 Å². The molecule has 2 aromatic rings. The highest BCUT2D eigenvalue weighted by molar-refractivity contribution is 8.76. The zero-order valence-corrected chi connectivity index (χ0v) is 18.2. The van der Waals surface area contributed by atoms with Crippen molar-refractivity contribution in [2.24, 2.45) is 0 Å². The Labute approximate surface area is 183 Å². The van der Waals surface area contributed by atoms with Crippen molar-refractivity contribution >= 4 is 114 Å². The quantitative estimate of drug-likeness (QED) is 0.187. The Morgan fingerprint density at radius 1 is 0.500 bits per heavy atom. The molecule has 0 radical (unpaired) electrons. The van der Waals surface area contributed by atoms with Gasteiger partial charge in [0, 0.05) is 0 Å². The third-order valence-corrected chi connectivity index (χ3v) is 8.60. The van der Waals surface area contributed by atoms with Gasteiger partial charge in [0.25, 0.3) is 0 Å². The topological polar surface area (TPSA) is 53.9 Å². The van der Waals surface area contributed by atoms with Crippen LogP contribution in [0.15, 0.2) is 9.79 Å². The molecule has 0 bridgehead atoms. The highest BCUT2D eigenvalue weighted by Crippen LogP contribution is 2.51. The zero-order valence-electron chi connectivity index (χ0n) is 10.6. The molecule has 2 rings (SSSR count). The SMILES string of the molecule is [O-][n+]1c(Cl)c(Cl)c(SSc2c(Cl)c(Cl)[n+]([O-])c(Cl)c2Cl)c(Cl)c1Cl. The molecule has 130 valence electrons. The second-order valence-electron chi connectivity index (χ2n) is 3.83. The van der Waals surface area contributed by atoms with Gasteiger partial charge in [-0.15, -0.1) is 9.46 Å². The van der Waals surface area contributed by atoms with Gasteiger partial charge in [0.15, 0.2) is 0 Å². The second kappa shape index (κ2) is 8.30. The molecule has 0 aromatic carbocycles. The van der Waals surface area contributed by atoms with Crippen molar-refractivity contribution in [2.75, 3.05) is 0 Å². The van der Waals surface area contributed by atoms with Gasteiger partial charge in [-0.2, -0.15) is 0 Å². The molecule has 24 heavy (non-hydrogen) atoms. The number of pyridine rings is 2. The van der Waals surface area contributed by atoms with E-state index in [1.165, 1.54) is 0 Å². The van der Waals surface area contributed by atoms with E-state index in [0.717, 1.165) is 21.6 Å². The highest BCUT2D eigenvalue weighted by Gasteiger charge is 2.28. The van der Waals surface area contributed by atoms with Crippen LogP contribution in [-0.2, 0) is 0 Å². The second-order valence-corrected chi connectivity index (χ2v) is 8.93. The average Bonchev–Trinajstić information content (AvgIpc) is 2.57. The van der Waals surface area contributed by atoms with E-state index in [9.17, 15) is 10.4 Å². The molecule has 0 saturated carbocycles. The Morgan fingerprint density at radius 2 is 0.708 bits per heavy atom. The summed E-state index contributed by atoms with van der Waals surface area (Å²) in [4.78, 5) is 0.396. The monoisotopic (exact) mass is 524 g/mol. The number of nitrogens with zero attached hydrogens (tertiary/aromatic N) is 2. The van der Waals surface area contributed by atoms with E-state index in [-0.39, 0.29) is 60.0 Å². The van der Waals surface area contributed by atoms with Crippen molar-refractivity contribution in [2.45, 2.75) is 9.79 Å². The molecule has 0 aliphatic rings. The number of aromatic nitrogens is 2. The van der Waals surface area contributed by atoms with Crippen LogP contribution in [0.1, 0.15) is 0 Å². The third-order valence-electron chi connectivity index (χ3n) is 2.44. The zero-order chi connectivity index (χ0) is 18.3. The molecule has 4 nitrogen and oxygen atoms in total. The number of hydrogen-bond acceptors (Lipinski definition) is 4. The van der Waals surface area contributed by atoms with Crippen LogP contribution in [0.5, 0.6) is 0 Å². The standard InChI is InChI=1S/C10Cl8N2O2S2/c11-1-5(2(12)8(16)19(21)7(1)15)23-24-6-3(13)9(17)20(22)10(18)4(6)14. The van der Waals surface area contributed by atoms with Crippen molar-refractivity contribution < 1.29 is 9.46 Å². The van der Waals surface area contributed by atoms with Crippen LogP contribution in [0.25, 0.3) is 0 Å². The van der Waals surface area contributed by atoms with Crippen LogP contribution < -0.4 is 9.46 Å². The van der Waals surface area contributed by atoms with Gasteiger partial charge in [0.1, 0.15) is 20.1 Å². The molecule has 0 spiro atoms. The molecular weight excluding hydrogens is 528 g/mol. The fraction of sp³-hybridized carbons (Fsp3) is 0. The van der Waals surface area contributed by atoms with Crippen LogP contribution >= 0.6 is 114 Å². The first kappa shape index (κ1) is 21.2. The Morgan fingerprint density at radius 3 is 0.917 bits per heavy atom. The summed E-state index contributed by atoms with van der Waals surface area (Å²) in [5, 5.41) is 21.4. The summed E-state index contributed by atoms with van der Waals surface area (Å²) in [6.45, 7) is 0. The van der Waals surface area contributed by atoms with Crippen molar-refractivity contribution in [3.8, 4) is 0 Å². The number of halogens is 8. The minimum Gasteiger partial charge on any atom is -0.616 e. The van der Waals surface area contributed by atoms with Crippen molar-refractivity contribution in [1.82, 2.24) is 0 Å². The predicted molar refractivity (Wildman–Crippen MR) is 103 cm³/mol. The van der Waals surface area contributed by atoms with Gasteiger partial charge in [-0.25, -0.2) is 0 Å². The molecule has 0 fully saturated rings. The first-order chi connectivity index (χ1) is 11.1. The smallest absolute Gasteiger partial charge is 0.307 e. The van der Waals surface area contributed by atoms with Crippen molar-refractivity contribution in [3.05, 3.63) is 51.1 Å². The summed E-state index contributed by atoms with van der Waals surface area (Å²) in [5.74, 6) is 0. The molecule has 0 atom stereocenters. The largest absolute Gasteiger partial charge is 0.616 e. The first-order valence-electron chi connectivity index (χ1n) is 5.35. The van der Waals surface area contributed by atoms with Gasteiger partial charge in [0.05, 0.1) is 9.79 Å². The van der Waals surface area contributed by atoms with Gasteiger partial charge < -0.3 is 10.4 Å². The van der Waals surface area contributed by atoms with E-state index in [1.807, 2.05) is 0 Å². The summed E-state index contributed by atoms with van der Waals surface area (Å²) in [6.07, 6.45) is 0. The normalized spacial score (nSPS) is 11.2. The van der Waals surface area contributed by atoms with Gasteiger partial charge >= 0.3 is 20.6 Å². The molecule has 2 heterocycles. The summed E-state index contributed by atoms with van der Waals surface area (Å²) in [6, 6.07) is 0. The summed E-state index contributed by atoms with van der Waals surface area (Å²) in [7, 11) is 1.90. The maximum Gasteiger partial charge on any atom is 0.307 e. The molecule has 2 aromatic heterocycles. The van der Waals surface area contributed by atoms with Gasteiger partial charge in [-0.05, 0) is 68.0 Å². The molecule has 0 aliphatic carbocycles. The van der Waals surface area contributed by atoms with Gasteiger partial charge in [0.2, 0.25) is 0 Å². The van der Waals surface area contributed by atoms with E-state index >= 15 is 0 Å². The lowest BCUT2D eigenvalue weighted by atomic mass is 10.5. The lowest BCUT2D eigenvalue weighted by molar-refractivity contribution is -0.600. The Balaban J connectivity index is 2.48. The molecule has 0 saturated heterocycles. The Hall–Kier alpha value is 0.920. The lowest BCUT2D eigenvalue weighted by Crippen LogP contribution is -2.30. The molecule has 0 N–H and O–H groups in total. The van der Waals surface area contributed by atoms with Gasteiger partial charge in [-0.1, -0.05) is 46.4 Å². The predicted octanol–water partition coefficient (Wildman–Crippen LogP) is 6.98. The Bertz CT molecular complexity index is 723. The molecule has 14 heteroatoms. The van der Waals surface area contributed by atoms with Crippen LogP contribution in [0, 0.1) is 10.4 Å². The minimum atomic E-state index is -0.354. The molecular formula is C10Cl8N2O2S2. The maximum absolute atomic E-state index is 11.6. The average molecular weight is 528 g/mol. The number of rotatable bonds is 3. The van der Waals surface area contributed by atoms with E-state index in [0.29, 0.717) is 0 Å². The summed E-state index contributed by atoms with van der Waals surface area (Å²) in [5.41, 5.74) is 0. The molecule has 0 unspecified atom stereocenters. The lowest BCUT2D eigenvalue weighted by Gasteiger charge is -2.12. The summed E-state index contributed by atoms with van der Waals surface area (Å²) < 4.78 is 0.359. The van der Waals surface area contributed by atoms with E-state index in [4.69, 9.17) is 92.8 Å². The van der Waals surface area contributed by atoms with Crippen LogP contribution in [0.4, 0.5) is 0 Å². The Kier molecular flexibility index (Phi) is 7.34. The molecule has 0 amide bonds. The van der Waals surface area contributed by atoms with Crippen molar-refractivity contribution in [1.29, 1.82) is 0 Å². The van der Waals surface area contributed by atoms with E-state index in [1.54, 1.807) is 0 Å². The summed E-state index contributed by atoms with van der Waals surface area (Å²) >= 11 is 47.2. The van der Waals surface area contributed by atoms with Gasteiger partial charge in [-0.3, -0.25) is 0 Å². The molecule has 0 aliphatic heterocycles. The van der Waals surface area contributed by atoms with E-state index in [2.05, 4.69) is 0 Å². The van der Waals surface area contributed by atoms with Crippen LogP contribution in [0.2, 0.25) is 40.7 Å². The maximum atomic E-state index is 11.6.